The van der Waals surface area contributed by atoms with Gasteiger partial charge in [-0.25, -0.2) is 13.9 Å². The zero-order valence-electron chi connectivity index (χ0n) is 9.79. The Bertz CT molecular complexity index is 631. The average molecular weight is 231 g/mol. The summed E-state index contributed by atoms with van der Waals surface area (Å²) in [5.41, 5.74) is -0.128. The molecule has 0 radical (unpaired) electrons. The van der Waals surface area contributed by atoms with Crippen LogP contribution in [0.3, 0.4) is 0 Å². The SMILES string of the molecule is CC(C)(C#N)CCn1nc2cnccn2c1=O. The smallest absolute Gasteiger partial charge is 0.259 e. The van der Waals surface area contributed by atoms with Gasteiger partial charge in [-0.05, 0) is 20.3 Å². The molecule has 2 aromatic heterocycles. The lowest BCUT2D eigenvalue weighted by molar-refractivity contribution is 0.394. The van der Waals surface area contributed by atoms with Crippen LogP contribution in [-0.4, -0.2) is 19.2 Å². The molecule has 0 unspecified atom stereocenters. The van der Waals surface area contributed by atoms with Gasteiger partial charge in [0.05, 0.1) is 17.7 Å². The van der Waals surface area contributed by atoms with Crippen LogP contribution in [0.5, 0.6) is 0 Å². The minimum absolute atomic E-state index is 0.198. The maximum atomic E-state index is 11.9. The lowest BCUT2D eigenvalue weighted by Gasteiger charge is -2.13. The van der Waals surface area contributed by atoms with Crippen LogP contribution < -0.4 is 5.69 Å². The highest BCUT2D eigenvalue weighted by Gasteiger charge is 2.17. The highest BCUT2D eigenvalue weighted by Crippen LogP contribution is 2.18. The Labute approximate surface area is 98.1 Å². The van der Waals surface area contributed by atoms with Crippen molar-refractivity contribution in [2.24, 2.45) is 5.41 Å². The molecule has 0 bridgehead atoms. The van der Waals surface area contributed by atoms with Gasteiger partial charge in [-0.2, -0.15) is 5.26 Å². The van der Waals surface area contributed by atoms with Crippen molar-refractivity contribution in [2.75, 3.05) is 0 Å². The first-order valence-electron chi connectivity index (χ1n) is 5.34. The number of rotatable bonds is 3. The van der Waals surface area contributed by atoms with Crippen molar-refractivity contribution in [1.29, 1.82) is 5.26 Å². The Morgan fingerprint density at radius 3 is 2.94 bits per heavy atom. The molecular weight excluding hydrogens is 218 g/mol. The summed E-state index contributed by atoms with van der Waals surface area (Å²) in [4.78, 5) is 15.8. The molecule has 0 aliphatic heterocycles. The van der Waals surface area contributed by atoms with Crippen molar-refractivity contribution in [3.05, 3.63) is 29.1 Å². The summed E-state index contributed by atoms with van der Waals surface area (Å²) in [6.07, 6.45) is 5.24. The van der Waals surface area contributed by atoms with Gasteiger partial charge in [0.2, 0.25) is 0 Å². The molecule has 0 N–H and O–H groups in total. The molecular formula is C11H13N5O. The van der Waals surface area contributed by atoms with Crippen molar-refractivity contribution >= 4 is 5.65 Å². The van der Waals surface area contributed by atoms with Crippen LogP contribution in [0.1, 0.15) is 20.3 Å². The van der Waals surface area contributed by atoms with Gasteiger partial charge in [-0.1, -0.05) is 0 Å². The monoisotopic (exact) mass is 231 g/mol. The Morgan fingerprint density at radius 2 is 2.29 bits per heavy atom. The maximum absolute atomic E-state index is 11.9. The number of hydrogen-bond donors (Lipinski definition) is 0. The van der Waals surface area contributed by atoms with E-state index in [1.165, 1.54) is 15.3 Å². The van der Waals surface area contributed by atoms with Gasteiger partial charge in [0, 0.05) is 18.9 Å². The van der Waals surface area contributed by atoms with Gasteiger partial charge in [-0.15, -0.1) is 5.10 Å². The fourth-order valence-electron chi connectivity index (χ4n) is 1.47. The largest absolute Gasteiger partial charge is 0.350 e. The number of nitrogens with zero attached hydrogens (tertiary/aromatic N) is 5. The van der Waals surface area contributed by atoms with Crippen LogP contribution in [-0.2, 0) is 6.54 Å². The summed E-state index contributed by atoms with van der Waals surface area (Å²) in [6.45, 7) is 4.12. The first-order valence-corrected chi connectivity index (χ1v) is 5.34. The first kappa shape index (κ1) is 11.3. The highest BCUT2D eigenvalue weighted by atomic mass is 16.2. The molecule has 6 heteroatoms. The van der Waals surface area contributed by atoms with E-state index in [2.05, 4.69) is 16.2 Å². The van der Waals surface area contributed by atoms with E-state index in [0.29, 0.717) is 18.6 Å². The molecule has 0 amide bonds. The minimum Gasteiger partial charge on any atom is -0.259 e. The van der Waals surface area contributed by atoms with Gasteiger partial charge < -0.3 is 0 Å². The third-order valence-electron chi connectivity index (χ3n) is 2.64. The summed E-state index contributed by atoms with van der Waals surface area (Å²) in [6, 6.07) is 2.20. The van der Waals surface area contributed by atoms with E-state index in [4.69, 9.17) is 5.26 Å². The molecule has 0 fully saturated rings. The van der Waals surface area contributed by atoms with Gasteiger partial charge >= 0.3 is 5.69 Å². The van der Waals surface area contributed by atoms with E-state index < -0.39 is 5.41 Å². The molecule has 88 valence electrons. The Morgan fingerprint density at radius 1 is 1.53 bits per heavy atom. The molecule has 0 saturated heterocycles. The van der Waals surface area contributed by atoms with E-state index in [1.807, 2.05) is 13.8 Å². The predicted octanol–water partition coefficient (Wildman–Crippen LogP) is 0.831. The summed E-state index contributed by atoms with van der Waals surface area (Å²) < 4.78 is 2.81. The van der Waals surface area contributed by atoms with Crippen LogP contribution in [0.15, 0.2) is 23.4 Å². The lowest BCUT2D eigenvalue weighted by atomic mass is 9.92. The molecule has 2 heterocycles. The van der Waals surface area contributed by atoms with Crippen LogP contribution in [0.25, 0.3) is 5.65 Å². The summed E-state index contributed by atoms with van der Waals surface area (Å²) in [5, 5.41) is 13.1. The minimum atomic E-state index is -0.451. The molecule has 0 aromatic carbocycles. The standard InChI is InChI=1S/C11H13N5O/c1-11(2,8-12)3-5-16-10(17)15-6-4-13-7-9(15)14-16/h4,6-7H,3,5H2,1-2H3. The molecule has 6 nitrogen and oxygen atoms in total. The molecule has 0 aliphatic rings. The van der Waals surface area contributed by atoms with Crippen molar-refractivity contribution in [3.8, 4) is 6.07 Å². The summed E-state index contributed by atoms with van der Waals surface area (Å²) in [5.74, 6) is 0. The van der Waals surface area contributed by atoms with E-state index in [9.17, 15) is 4.79 Å². The van der Waals surface area contributed by atoms with Gasteiger partial charge in [0.15, 0.2) is 5.65 Å². The third-order valence-corrected chi connectivity index (χ3v) is 2.64. The summed E-state index contributed by atoms with van der Waals surface area (Å²) in [7, 11) is 0. The number of nitriles is 1. The van der Waals surface area contributed by atoms with E-state index in [1.54, 1.807) is 12.4 Å². The molecule has 0 saturated carbocycles. The zero-order valence-corrected chi connectivity index (χ0v) is 9.79. The van der Waals surface area contributed by atoms with Crippen LogP contribution in [0.2, 0.25) is 0 Å². The van der Waals surface area contributed by atoms with Gasteiger partial charge in [0.25, 0.3) is 0 Å². The summed E-state index contributed by atoms with van der Waals surface area (Å²) >= 11 is 0. The predicted molar refractivity (Wildman–Crippen MR) is 61.3 cm³/mol. The van der Waals surface area contributed by atoms with E-state index >= 15 is 0 Å². The van der Waals surface area contributed by atoms with Crippen molar-refractivity contribution in [3.63, 3.8) is 0 Å². The maximum Gasteiger partial charge on any atom is 0.350 e. The lowest BCUT2D eigenvalue weighted by Crippen LogP contribution is -2.23. The second-order valence-electron chi connectivity index (χ2n) is 4.56. The molecule has 0 spiro atoms. The Kier molecular flexibility index (Phi) is 2.68. The third kappa shape index (κ3) is 2.18. The normalized spacial score (nSPS) is 11.6. The number of aryl methyl sites for hydroxylation is 1. The second-order valence-corrected chi connectivity index (χ2v) is 4.56. The Hall–Kier alpha value is -2.16. The fourth-order valence-corrected chi connectivity index (χ4v) is 1.47. The topological polar surface area (TPSA) is 76.0 Å². The number of aromatic nitrogens is 4. The molecule has 2 aromatic rings. The number of fused-ring (bicyclic) bond motifs is 1. The molecule has 0 aliphatic carbocycles. The van der Waals surface area contributed by atoms with E-state index in [-0.39, 0.29) is 5.69 Å². The van der Waals surface area contributed by atoms with E-state index in [0.717, 1.165) is 0 Å². The molecule has 0 atom stereocenters. The van der Waals surface area contributed by atoms with Crippen LogP contribution in [0.4, 0.5) is 0 Å². The Balaban J connectivity index is 2.29. The first-order chi connectivity index (χ1) is 8.03. The molecule has 2 rings (SSSR count). The van der Waals surface area contributed by atoms with Crippen molar-refractivity contribution in [2.45, 2.75) is 26.8 Å². The van der Waals surface area contributed by atoms with Crippen LogP contribution in [0, 0.1) is 16.7 Å². The van der Waals surface area contributed by atoms with Crippen molar-refractivity contribution in [1.82, 2.24) is 19.2 Å². The average Bonchev–Trinajstić information content (AvgIpc) is 2.65. The van der Waals surface area contributed by atoms with Gasteiger partial charge in [0.1, 0.15) is 0 Å². The highest BCUT2D eigenvalue weighted by molar-refractivity contribution is 5.31. The van der Waals surface area contributed by atoms with Crippen LogP contribution >= 0.6 is 0 Å². The van der Waals surface area contributed by atoms with Gasteiger partial charge in [-0.3, -0.25) is 4.98 Å². The fraction of sp³-hybridized carbons (Fsp3) is 0.455. The zero-order chi connectivity index (χ0) is 12.5. The molecule has 17 heavy (non-hydrogen) atoms. The quantitative estimate of drug-likeness (QED) is 0.784. The number of hydrogen-bond acceptors (Lipinski definition) is 4. The second kappa shape index (κ2) is 4.01. The van der Waals surface area contributed by atoms with Crippen molar-refractivity contribution < 1.29 is 0 Å².